The molecule has 2 N–H and O–H groups in total. The van der Waals surface area contributed by atoms with Gasteiger partial charge in [0.1, 0.15) is 5.92 Å². The molecule has 1 amide bonds. The van der Waals surface area contributed by atoms with Gasteiger partial charge in [-0.1, -0.05) is 20.8 Å². The summed E-state index contributed by atoms with van der Waals surface area (Å²) in [6.45, 7) is 5.29. The number of carboxylic acids is 1. The van der Waals surface area contributed by atoms with Crippen molar-refractivity contribution in [2.24, 2.45) is 11.3 Å². The van der Waals surface area contributed by atoms with Crippen LogP contribution in [0.15, 0.2) is 0 Å². The van der Waals surface area contributed by atoms with Crippen LogP contribution in [0.5, 0.6) is 0 Å². The van der Waals surface area contributed by atoms with Crippen LogP contribution in [0.2, 0.25) is 0 Å². The van der Waals surface area contributed by atoms with Crippen molar-refractivity contribution in [3.05, 3.63) is 0 Å². The summed E-state index contributed by atoms with van der Waals surface area (Å²) in [6, 6.07) is 0.215. The highest BCUT2D eigenvalue weighted by Gasteiger charge is 2.39. The van der Waals surface area contributed by atoms with Gasteiger partial charge in [0.05, 0.1) is 0 Å². The van der Waals surface area contributed by atoms with Crippen LogP contribution in [-0.4, -0.2) is 23.0 Å². The van der Waals surface area contributed by atoms with E-state index in [4.69, 9.17) is 5.11 Å². The van der Waals surface area contributed by atoms with Crippen LogP contribution in [0.25, 0.3) is 0 Å². The second kappa shape index (κ2) is 3.59. The zero-order valence-corrected chi connectivity index (χ0v) is 8.83. The summed E-state index contributed by atoms with van der Waals surface area (Å²) in [5, 5.41) is 11.7. The topological polar surface area (TPSA) is 66.4 Å². The molecule has 0 radical (unpaired) electrons. The molecule has 0 aliphatic heterocycles. The fourth-order valence-corrected chi connectivity index (χ4v) is 1.39. The summed E-state index contributed by atoms with van der Waals surface area (Å²) in [5.41, 5.74) is -0.537. The quantitative estimate of drug-likeness (QED) is 0.667. The summed E-state index contributed by atoms with van der Waals surface area (Å²) in [7, 11) is 0. The van der Waals surface area contributed by atoms with E-state index in [0.29, 0.717) is 0 Å². The van der Waals surface area contributed by atoms with Crippen LogP contribution >= 0.6 is 0 Å². The third kappa shape index (κ3) is 2.72. The predicted molar refractivity (Wildman–Crippen MR) is 51.7 cm³/mol. The number of carbonyl (C=O) groups excluding carboxylic acids is 1. The molecule has 0 spiro atoms. The number of rotatable bonds is 3. The first-order chi connectivity index (χ1) is 6.32. The molecule has 0 bridgehead atoms. The fourth-order valence-electron chi connectivity index (χ4n) is 1.39. The Morgan fingerprint density at radius 1 is 1.36 bits per heavy atom. The number of amides is 1. The third-order valence-corrected chi connectivity index (χ3v) is 2.30. The Hall–Kier alpha value is -1.06. The summed E-state index contributed by atoms with van der Waals surface area (Å²) in [4.78, 5) is 22.5. The van der Waals surface area contributed by atoms with E-state index in [1.54, 1.807) is 20.8 Å². The molecular weight excluding hydrogens is 182 g/mol. The number of nitrogens with one attached hydrogen (secondary N) is 1. The highest BCUT2D eigenvalue weighted by atomic mass is 16.4. The van der Waals surface area contributed by atoms with Gasteiger partial charge in [0.25, 0.3) is 0 Å². The van der Waals surface area contributed by atoms with Crippen LogP contribution in [0, 0.1) is 11.3 Å². The van der Waals surface area contributed by atoms with Crippen molar-refractivity contribution in [2.75, 3.05) is 0 Å². The van der Waals surface area contributed by atoms with Crippen molar-refractivity contribution >= 4 is 11.9 Å². The van der Waals surface area contributed by atoms with Crippen molar-refractivity contribution in [2.45, 2.75) is 39.7 Å². The van der Waals surface area contributed by atoms with E-state index < -0.39 is 17.3 Å². The Bertz CT molecular complexity index is 251. The summed E-state index contributed by atoms with van der Waals surface area (Å²) >= 11 is 0. The average molecular weight is 199 g/mol. The molecule has 4 heteroatoms. The number of aliphatic carboxylic acids is 1. The molecule has 0 heterocycles. The van der Waals surface area contributed by atoms with E-state index in [0.717, 1.165) is 12.8 Å². The van der Waals surface area contributed by atoms with E-state index in [9.17, 15) is 9.59 Å². The van der Waals surface area contributed by atoms with Crippen molar-refractivity contribution < 1.29 is 14.7 Å². The Labute approximate surface area is 83.7 Å². The molecule has 1 aliphatic carbocycles. The molecular formula is C10H17NO3. The van der Waals surface area contributed by atoms with Gasteiger partial charge < -0.3 is 10.4 Å². The summed E-state index contributed by atoms with van der Waals surface area (Å²) in [5.74, 6) is -2.36. The largest absolute Gasteiger partial charge is 0.481 e. The van der Waals surface area contributed by atoms with Crippen LogP contribution in [0.3, 0.4) is 0 Å². The zero-order chi connectivity index (χ0) is 10.9. The molecule has 0 saturated heterocycles. The number of hydrogen-bond donors (Lipinski definition) is 2. The molecule has 4 nitrogen and oxygen atoms in total. The second-order valence-corrected chi connectivity index (χ2v) is 4.92. The van der Waals surface area contributed by atoms with Gasteiger partial charge in [-0.2, -0.15) is 0 Å². The van der Waals surface area contributed by atoms with Crippen molar-refractivity contribution in [1.29, 1.82) is 0 Å². The molecule has 1 unspecified atom stereocenters. The van der Waals surface area contributed by atoms with Crippen molar-refractivity contribution in [3.63, 3.8) is 0 Å². The van der Waals surface area contributed by atoms with Gasteiger partial charge in [0, 0.05) is 6.04 Å². The molecule has 0 aromatic carbocycles. The maximum atomic E-state index is 11.6. The Morgan fingerprint density at radius 2 is 1.86 bits per heavy atom. The standard InChI is InChI=1S/C10H17NO3/c1-10(2,3)7(9(13)14)8(12)11-6-4-5-6/h6-7H,4-5H2,1-3H3,(H,11,12)(H,13,14). The van der Waals surface area contributed by atoms with Crippen LogP contribution in [0.1, 0.15) is 33.6 Å². The number of hydrogen-bond acceptors (Lipinski definition) is 2. The van der Waals surface area contributed by atoms with E-state index in [2.05, 4.69) is 5.32 Å². The molecule has 1 rings (SSSR count). The first-order valence-corrected chi connectivity index (χ1v) is 4.85. The summed E-state index contributed by atoms with van der Waals surface area (Å²) < 4.78 is 0. The van der Waals surface area contributed by atoms with Gasteiger partial charge >= 0.3 is 5.97 Å². The molecule has 0 aromatic rings. The molecule has 1 saturated carbocycles. The number of carboxylic acid groups (broad SMARTS) is 1. The highest BCUT2D eigenvalue weighted by Crippen LogP contribution is 2.28. The predicted octanol–water partition coefficient (Wildman–Crippen LogP) is 1.01. The lowest BCUT2D eigenvalue weighted by molar-refractivity contribution is -0.151. The lowest BCUT2D eigenvalue weighted by Gasteiger charge is -2.25. The van der Waals surface area contributed by atoms with E-state index in [-0.39, 0.29) is 11.9 Å². The molecule has 1 atom stereocenters. The van der Waals surface area contributed by atoms with Gasteiger partial charge in [0.2, 0.25) is 5.91 Å². The van der Waals surface area contributed by atoms with E-state index in [1.165, 1.54) is 0 Å². The lowest BCUT2D eigenvalue weighted by atomic mass is 9.80. The minimum Gasteiger partial charge on any atom is -0.481 e. The fraction of sp³-hybridized carbons (Fsp3) is 0.800. The van der Waals surface area contributed by atoms with Crippen LogP contribution in [-0.2, 0) is 9.59 Å². The molecule has 1 aliphatic rings. The minimum atomic E-state index is -1.05. The second-order valence-electron chi connectivity index (χ2n) is 4.92. The van der Waals surface area contributed by atoms with Gasteiger partial charge in [-0.25, -0.2) is 0 Å². The molecule has 14 heavy (non-hydrogen) atoms. The van der Waals surface area contributed by atoms with Gasteiger partial charge in [0.15, 0.2) is 0 Å². The van der Waals surface area contributed by atoms with Gasteiger partial charge in [-0.3, -0.25) is 9.59 Å². The lowest BCUT2D eigenvalue weighted by Crippen LogP contribution is -2.43. The third-order valence-electron chi connectivity index (χ3n) is 2.30. The highest BCUT2D eigenvalue weighted by molar-refractivity contribution is 5.97. The monoisotopic (exact) mass is 199 g/mol. The number of carbonyl (C=O) groups is 2. The van der Waals surface area contributed by atoms with Gasteiger partial charge in [-0.15, -0.1) is 0 Å². The van der Waals surface area contributed by atoms with Crippen LogP contribution < -0.4 is 5.32 Å². The Morgan fingerprint density at radius 3 is 2.14 bits per heavy atom. The summed E-state index contributed by atoms with van der Waals surface area (Å²) in [6.07, 6.45) is 1.95. The van der Waals surface area contributed by atoms with Crippen LogP contribution in [0.4, 0.5) is 0 Å². The minimum absolute atomic E-state index is 0.215. The zero-order valence-electron chi connectivity index (χ0n) is 8.83. The first-order valence-electron chi connectivity index (χ1n) is 4.85. The first kappa shape index (κ1) is 11.0. The smallest absolute Gasteiger partial charge is 0.316 e. The van der Waals surface area contributed by atoms with Gasteiger partial charge in [-0.05, 0) is 18.3 Å². The molecule has 80 valence electrons. The SMILES string of the molecule is CC(C)(C)C(C(=O)O)C(=O)NC1CC1. The van der Waals surface area contributed by atoms with Crippen molar-refractivity contribution in [3.8, 4) is 0 Å². The van der Waals surface area contributed by atoms with Crippen molar-refractivity contribution in [1.82, 2.24) is 5.32 Å². The molecule has 0 aromatic heterocycles. The molecule has 1 fully saturated rings. The average Bonchev–Trinajstić information content (AvgIpc) is 2.65. The Balaban J connectivity index is 2.65. The maximum Gasteiger partial charge on any atom is 0.316 e. The Kier molecular flexibility index (Phi) is 2.83. The van der Waals surface area contributed by atoms with E-state index >= 15 is 0 Å². The normalized spacial score (nSPS) is 18.8. The maximum absolute atomic E-state index is 11.6. The van der Waals surface area contributed by atoms with E-state index in [1.807, 2.05) is 0 Å².